The SMILES string of the molecule is Cc1cc(C2CCOCC2)nc(C(CN)C(C)C)n1. The second-order valence-electron chi connectivity index (χ2n) is 5.77. The quantitative estimate of drug-likeness (QED) is 0.906. The Labute approximate surface area is 115 Å². The molecule has 2 N–H and O–H groups in total. The highest BCUT2D eigenvalue weighted by Gasteiger charge is 2.22. The number of nitrogens with two attached hydrogens (primary N) is 1. The van der Waals surface area contributed by atoms with Crippen LogP contribution in [0, 0.1) is 12.8 Å². The van der Waals surface area contributed by atoms with Gasteiger partial charge in [0.25, 0.3) is 0 Å². The first kappa shape index (κ1) is 14.4. The van der Waals surface area contributed by atoms with E-state index in [9.17, 15) is 0 Å². The first-order valence-electron chi connectivity index (χ1n) is 7.25. The number of ether oxygens (including phenoxy) is 1. The fourth-order valence-electron chi connectivity index (χ4n) is 2.66. The van der Waals surface area contributed by atoms with Gasteiger partial charge in [0.15, 0.2) is 0 Å². The highest BCUT2D eigenvalue weighted by molar-refractivity contribution is 5.17. The summed E-state index contributed by atoms with van der Waals surface area (Å²) in [5, 5.41) is 0. The lowest BCUT2D eigenvalue weighted by molar-refractivity contribution is 0.0844. The predicted molar refractivity (Wildman–Crippen MR) is 76.2 cm³/mol. The average molecular weight is 263 g/mol. The summed E-state index contributed by atoms with van der Waals surface area (Å²) in [7, 11) is 0. The molecular formula is C15H25N3O. The zero-order chi connectivity index (χ0) is 13.8. The van der Waals surface area contributed by atoms with Crippen LogP contribution < -0.4 is 5.73 Å². The molecule has 1 saturated heterocycles. The van der Waals surface area contributed by atoms with Gasteiger partial charge in [-0.2, -0.15) is 0 Å². The Morgan fingerprint density at radius 1 is 1.32 bits per heavy atom. The van der Waals surface area contributed by atoms with Crippen molar-refractivity contribution >= 4 is 0 Å². The van der Waals surface area contributed by atoms with E-state index in [1.807, 2.05) is 6.92 Å². The maximum absolute atomic E-state index is 5.88. The third-order valence-corrected chi connectivity index (χ3v) is 3.92. The second-order valence-corrected chi connectivity index (χ2v) is 5.77. The third kappa shape index (κ3) is 3.51. The van der Waals surface area contributed by atoms with Crippen LogP contribution in [0.15, 0.2) is 6.07 Å². The third-order valence-electron chi connectivity index (χ3n) is 3.92. The molecule has 0 amide bonds. The number of rotatable bonds is 4. The van der Waals surface area contributed by atoms with E-state index in [1.165, 1.54) is 5.69 Å². The molecule has 0 aromatic carbocycles. The van der Waals surface area contributed by atoms with Gasteiger partial charge in [0.05, 0.1) is 0 Å². The highest BCUT2D eigenvalue weighted by Crippen LogP contribution is 2.28. The summed E-state index contributed by atoms with van der Waals surface area (Å²) in [5.41, 5.74) is 8.10. The van der Waals surface area contributed by atoms with Gasteiger partial charge in [-0.1, -0.05) is 13.8 Å². The van der Waals surface area contributed by atoms with Crippen molar-refractivity contribution in [3.8, 4) is 0 Å². The van der Waals surface area contributed by atoms with Gasteiger partial charge >= 0.3 is 0 Å². The molecule has 1 aliphatic heterocycles. The molecule has 0 spiro atoms. The van der Waals surface area contributed by atoms with E-state index in [0.717, 1.165) is 37.6 Å². The Balaban J connectivity index is 2.27. The maximum atomic E-state index is 5.88. The molecule has 2 heterocycles. The Kier molecular flexibility index (Phi) is 4.88. The number of nitrogens with zero attached hydrogens (tertiary/aromatic N) is 2. The van der Waals surface area contributed by atoms with E-state index >= 15 is 0 Å². The fraction of sp³-hybridized carbons (Fsp3) is 0.733. The van der Waals surface area contributed by atoms with Crippen molar-refractivity contribution in [2.45, 2.75) is 45.4 Å². The zero-order valence-electron chi connectivity index (χ0n) is 12.2. The monoisotopic (exact) mass is 263 g/mol. The van der Waals surface area contributed by atoms with Gasteiger partial charge in [0.1, 0.15) is 5.82 Å². The smallest absolute Gasteiger partial charge is 0.133 e. The van der Waals surface area contributed by atoms with Gasteiger partial charge in [-0.05, 0) is 31.7 Å². The van der Waals surface area contributed by atoms with Crippen LogP contribution >= 0.6 is 0 Å². The predicted octanol–water partition coefficient (Wildman–Crippen LogP) is 2.38. The summed E-state index contributed by atoms with van der Waals surface area (Å²) in [6, 6.07) is 2.12. The van der Waals surface area contributed by atoms with Gasteiger partial charge in [-0.15, -0.1) is 0 Å². The van der Waals surface area contributed by atoms with Crippen molar-refractivity contribution in [2.24, 2.45) is 11.7 Å². The lowest BCUT2D eigenvalue weighted by atomic mass is 9.93. The summed E-state index contributed by atoms with van der Waals surface area (Å²) in [5.74, 6) is 2.15. The minimum absolute atomic E-state index is 0.249. The highest BCUT2D eigenvalue weighted by atomic mass is 16.5. The molecule has 1 atom stereocenters. The number of hydrogen-bond donors (Lipinski definition) is 1. The van der Waals surface area contributed by atoms with Crippen LogP contribution in [-0.2, 0) is 4.74 Å². The van der Waals surface area contributed by atoms with Crippen LogP contribution in [0.1, 0.15) is 55.7 Å². The Bertz CT molecular complexity index is 414. The molecule has 4 heteroatoms. The van der Waals surface area contributed by atoms with E-state index in [-0.39, 0.29) is 5.92 Å². The summed E-state index contributed by atoms with van der Waals surface area (Å²) in [6.07, 6.45) is 2.12. The van der Waals surface area contributed by atoms with E-state index in [2.05, 4.69) is 24.9 Å². The molecule has 1 aromatic heterocycles. The molecule has 1 unspecified atom stereocenters. The standard InChI is InChI=1S/C15H25N3O/c1-10(2)13(9-16)15-17-11(3)8-14(18-15)12-4-6-19-7-5-12/h8,10,12-13H,4-7,9,16H2,1-3H3. The van der Waals surface area contributed by atoms with Gasteiger partial charge < -0.3 is 10.5 Å². The molecular weight excluding hydrogens is 238 g/mol. The average Bonchev–Trinajstić information content (AvgIpc) is 2.39. The zero-order valence-corrected chi connectivity index (χ0v) is 12.2. The molecule has 2 rings (SSSR count). The van der Waals surface area contributed by atoms with Crippen molar-refractivity contribution < 1.29 is 4.74 Å². The first-order chi connectivity index (χ1) is 9.11. The Morgan fingerprint density at radius 2 is 2.00 bits per heavy atom. The second kappa shape index (κ2) is 6.44. The summed E-state index contributed by atoms with van der Waals surface area (Å²) >= 11 is 0. The van der Waals surface area contributed by atoms with Gasteiger partial charge in [0, 0.05) is 43.0 Å². The van der Waals surface area contributed by atoms with Crippen molar-refractivity contribution in [2.75, 3.05) is 19.8 Å². The Morgan fingerprint density at radius 3 is 2.58 bits per heavy atom. The molecule has 19 heavy (non-hydrogen) atoms. The molecule has 0 saturated carbocycles. The molecule has 0 bridgehead atoms. The van der Waals surface area contributed by atoms with E-state index in [0.29, 0.717) is 18.4 Å². The van der Waals surface area contributed by atoms with Crippen LogP contribution in [0.25, 0.3) is 0 Å². The van der Waals surface area contributed by atoms with E-state index in [4.69, 9.17) is 15.5 Å². The molecule has 0 radical (unpaired) electrons. The number of hydrogen-bond acceptors (Lipinski definition) is 4. The molecule has 1 fully saturated rings. The van der Waals surface area contributed by atoms with Crippen molar-refractivity contribution in [3.05, 3.63) is 23.3 Å². The summed E-state index contributed by atoms with van der Waals surface area (Å²) in [6.45, 7) is 8.69. The van der Waals surface area contributed by atoms with Crippen LogP contribution in [-0.4, -0.2) is 29.7 Å². The van der Waals surface area contributed by atoms with Crippen molar-refractivity contribution in [3.63, 3.8) is 0 Å². The molecule has 0 aliphatic carbocycles. The van der Waals surface area contributed by atoms with E-state index in [1.54, 1.807) is 0 Å². The minimum atomic E-state index is 0.249. The van der Waals surface area contributed by atoms with E-state index < -0.39 is 0 Å². The van der Waals surface area contributed by atoms with Gasteiger partial charge in [0.2, 0.25) is 0 Å². The molecule has 1 aliphatic rings. The Hall–Kier alpha value is -1.00. The topological polar surface area (TPSA) is 61.0 Å². The van der Waals surface area contributed by atoms with Crippen LogP contribution in [0.4, 0.5) is 0 Å². The molecule has 106 valence electrons. The fourth-order valence-corrected chi connectivity index (χ4v) is 2.66. The van der Waals surface area contributed by atoms with Gasteiger partial charge in [-0.25, -0.2) is 9.97 Å². The normalized spacial score (nSPS) is 18.8. The maximum Gasteiger partial charge on any atom is 0.133 e. The van der Waals surface area contributed by atoms with Crippen LogP contribution in [0.3, 0.4) is 0 Å². The lowest BCUT2D eigenvalue weighted by Crippen LogP contribution is -2.22. The summed E-state index contributed by atoms with van der Waals surface area (Å²) in [4.78, 5) is 9.40. The largest absolute Gasteiger partial charge is 0.381 e. The van der Waals surface area contributed by atoms with Crippen molar-refractivity contribution in [1.29, 1.82) is 0 Å². The first-order valence-corrected chi connectivity index (χ1v) is 7.25. The number of aryl methyl sites for hydroxylation is 1. The minimum Gasteiger partial charge on any atom is -0.381 e. The van der Waals surface area contributed by atoms with Gasteiger partial charge in [-0.3, -0.25) is 0 Å². The summed E-state index contributed by atoms with van der Waals surface area (Å²) < 4.78 is 5.43. The number of aromatic nitrogens is 2. The van der Waals surface area contributed by atoms with Crippen LogP contribution in [0.2, 0.25) is 0 Å². The lowest BCUT2D eigenvalue weighted by Gasteiger charge is -2.24. The van der Waals surface area contributed by atoms with Crippen LogP contribution in [0.5, 0.6) is 0 Å². The van der Waals surface area contributed by atoms with Crippen molar-refractivity contribution in [1.82, 2.24) is 9.97 Å². The molecule has 1 aromatic rings. The molecule has 4 nitrogen and oxygen atoms in total.